The Kier molecular flexibility index (Phi) is 2.26. The van der Waals surface area contributed by atoms with E-state index in [4.69, 9.17) is 5.73 Å². The van der Waals surface area contributed by atoms with Crippen LogP contribution in [-0.2, 0) is 0 Å². The van der Waals surface area contributed by atoms with Gasteiger partial charge in [-0.05, 0) is 23.9 Å². The highest BCUT2D eigenvalue weighted by molar-refractivity contribution is 5.93. The molecule has 3 nitrogen and oxygen atoms in total. The van der Waals surface area contributed by atoms with E-state index >= 15 is 0 Å². The number of fused-ring (bicyclic) bond motifs is 1. The van der Waals surface area contributed by atoms with Crippen molar-refractivity contribution in [3.8, 4) is 0 Å². The van der Waals surface area contributed by atoms with Gasteiger partial charge in [-0.15, -0.1) is 0 Å². The first-order chi connectivity index (χ1) is 7.84. The molecule has 0 amide bonds. The van der Waals surface area contributed by atoms with Gasteiger partial charge in [0.25, 0.3) is 0 Å². The third-order valence-electron chi connectivity index (χ3n) is 3.23. The minimum absolute atomic E-state index is 0.312. The van der Waals surface area contributed by atoms with Gasteiger partial charge in [0.05, 0.1) is 0 Å². The minimum Gasteiger partial charge on any atom is -0.369 e. The highest BCUT2D eigenvalue weighted by atomic mass is 15.2. The molecule has 82 valence electrons. The molecule has 1 aliphatic heterocycles. The summed E-state index contributed by atoms with van der Waals surface area (Å²) in [5, 5.41) is 2.46. The fourth-order valence-corrected chi connectivity index (χ4v) is 2.38. The smallest absolute Gasteiger partial charge is 0.0462 e. The average Bonchev–Trinajstić information content (AvgIpc) is 2.75. The van der Waals surface area contributed by atoms with Crippen molar-refractivity contribution in [1.82, 2.24) is 4.98 Å². The molecule has 1 saturated heterocycles. The van der Waals surface area contributed by atoms with Gasteiger partial charge < -0.3 is 10.6 Å². The van der Waals surface area contributed by atoms with Crippen LogP contribution in [0.5, 0.6) is 0 Å². The monoisotopic (exact) mass is 213 g/mol. The lowest BCUT2D eigenvalue weighted by Crippen LogP contribution is -2.26. The van der Waals surface area contributed by atoms with Crippen molar-refractivity contribution < 1.29 is 0 Å². The van der Waals surface area contributed by atoms with Crippen LogP contribution >= 0.6 is 0 Å². The molecule has 1 aliphatic rings. The third kappa shape index (κ3) is 1.53. The summed E-state index contributed by atoms with van der Waals surface area (Å²) in [7, 11) is 0. The summed E-state index contributed by atoms with van der Waals surface area (Å²) in [4.78, 5) is 6.56. The van der Waals surface area contributed by atoms with Gasteiger partial charge in [0.2, 0.25) is 0 Å². The fraction of sp³-hybridized carbons (Fsp3) is 0.308. The lowest BCUT2D eigenvalue weighted by atomic mass is 10.1. The summed E-state index contributed by atoms with van der Waals surface area (Å²) < 4.78 is 0. The number of rotatable bonds is 1. The molecular weight excluding hydrogens is 198 g/mol. The number of nitrogens with two attached hydrogens (primary N) is 1. The van der Waals surface area contributed by atoms with E-state index in [1.807, 2.05) is 12.4 Å². The minimum atomic E-state index is 0.312. The van der Waals surface area contributed by atoms with Crippen LogP contribution in [0.4, 0.5) is 5.69 Å². The Bertz CT molecular complexity index is 504. The Morgan fingerprint density at radius 3 is 3.06 bits per heavy atom. The first kappa shape index (κ1) is 9.60. The lowest BCUT2D eigenvalue weighted by Gasteiger charge is -2.19. The molecule has 3 heteroatoms. The number of hydrogen-bond acceptors (Lipinski definition) is 3. The van der Waals surface area contributed by atoms with Crippen LogP contribution in [0.2, 0.25) is 0 Å². The maximum Gasteiger partial charge on any atom is 0.0462 e. The van der Waals surface area contributed by atoms with E-state index in [-0.39, 0.29) is 0 Å². The van der Waals surface area contributed by atoms with Crippen LogP contribution in [0.1, 0.15) is 6.42 Å². The number of benzene rings is 1. The zero-order valence-corrected chi connectivity index (χ0v) is 9.13. The number of pyridine rings is 1. The molecule has 2 aromatic rings. The molecule has 1 unspecified atom stereocenters. The molecule has 0 aliphatic carbocycles. The van der Waals surface area contributed by atoms with Gasteiger partial charge in [-0.25, -0.2) is 0 Å². The molecule has 1 fully saturated rings. The first-order valence-electron chi connectivity index (χ1n) is 5.68. The number of hydrogen-bond donors (Lipinski definition) is 1. The molecular formula is C13H15N3. The number of aromatic nitrogens is 1. The van der Waals surface area contributed by atoms with Crippen molar-refractivity contribution in [3.05, 3.63) is 36.7 Å². The van der Waals surface area contributed by atoms with E-state index in [0.29, 0.717) is 6.04 Å². The Morgan fingerprint density at radius 2 is 2.25 bits per heavy atom. The normalized spacial score (nSPS) is 20.6. The van der Waals surface area contributed by atoms with Crippen molar-refractivity contribution in [3.63, 3.8) is 0 Å². The summed E-state index contributed by atoms with van der Waals surface area (Å²) >= 11 is 0. The molecule has 0 radical (unpaired) electrons. The van der Waals surface area contributed by atoms with Crippen molar-refractivity contribution in [2.75, 3.05) is 18.0 Å². The van der Waals surface area contributed by atoms with Crippen molar-refractivity contribution in [2.24, 2.45) is 5.73 Å². The van der Waals surface area contributed by atoms with E-state index in [9.17, 15) is 0 Å². The van der Waals surface area contributed by atoms with Gasteiger partial charge in [0.15, 0.2) is 0 Å². The van der Waals surface area contributed by atoms with Crippen LogP contribution in [0.3, 0.4) is 0 Å². The molecule has 0 spiro atoms. The summed E-state index contributed by atoms with van der Waals surface area (Å²) in [6.45, 7) is 2.00. The molecule has 1 aromatic heterocycles. The predicted molar refractivity (Wildman–Crippen MR) is 66.5 cm³/mol. The largest absolute Gasteiger partial charge is 0.369 e. The summed E-state index contributed by atoms with van der Waals surface area (Å²) in [6.07, 6.45) is 4.85. The molecule has 0 bridgehead atoms. The Labute approximate surface area is 94.9 Å². The second kappa shape index (κ2) is 3.76. The SMILES string of the molecule is NC1CCN(c2cccc3ccncc23)C1. The Morgan fingerprint density at radius 1 is 1.31 bits per heavy atom. The zero-order valence-electron chi connectivity index (χ0n) is 9.13. The average molecular weight is 213 g/mol. The number of anilines is 1. The van der Waals surface area contributed by atoms with Crippen LogP contribution < -0.4 is 10.6 Å². The molecule has 1 atom stereocenters. The topological polar surface area (TPSA) is 42.1 Å². The predicted octanol–water partition coefficient (Wildman–Crippen LogP) is 1.77. The van der Waals surface area contributed by atoms with E-state index in [1.54, 1.807) is 0 Å². The summed E-state index contributed by atoms with van der Waals surface area (Å²) in [5.74, 6) is 0. The second-order valence-corrected chi connectivity index (χ2v) is 4.37. The maximum atomic E-state index is 5.95. The lowest BCUT2D eigenvalue weighted by molar-refractivity contribution is 0.752. The van der Waals surface area contributed by atoms with Crippen molar-refractivity contribution in [1.29, 1.82) is 0 Å². The summed E-state index contributed by atoms with van der Waals surface area (Å²) in [6, 6.07) is 8.74. The molecule has 2 heterocycles. The summed E-state index contributed by atoms with van der Waals surface area (Å²) in [5.41, 5.74) is 7.21. The molecule has 16 heavy (non-hydrogen) atoms. The molecule has 3 rings (SSSR count). The van der Waals surface area contributed by atoms with Gasteiger partial charge in [-0.2, -0.15) is 0 Å². The van der Waals surface area contributed by atoms with E-state index in [2.05, 4.69) is 34.1 Å². The first-order valence-corrected chi connectivity index (χ1v) is 5.68. The second-order valence-electron chi connectivity index (χ2n) is 4.37. The van der Waals surface area contributed by atoms with Gasteiger partial charge in [-0.3, -0.25) is 4.98 Å². The van der Waals surface area contributed by atoms with Crippen LogP contribution in [-0.4, -0.2) is 24.1 Å². The van der Waals surface area contributed by atoms with E-state index < -0.39 is 0 Å². The van der Waals surface area contributed by atoms with Gasteiger partial charge in [-0.1, -0.05) is 12.1 Å². The maximum absolute atomic E-state index is 5.95. The van der Waals surface area contributed by atoms with Crippen molar-refractivity contribution in [2.45, 2.75) is 12.5 Å². The Hall–Kier alpha value is -1.61. The standard InChI is InChI=1S/C13H15N3/c14-11-5-7-16(9-11)13-3-1-2-10-4-6-15-8-12(10)13/h1-4,6,8,11H,5,7,9,14H2. The molecule has 2 N–H and O–H groups in total. The van der Waals surface area contributed by atoms with Crippen molar-refractivity contribution >= 4 is 16.5 Å². The van der Waals surface area contributed by atoms with Crippen LogP contribution in [0.25, 0.3) is 10.8 Å². The number of nitrogens with zero attached hydrogens (tertiary/aromatic N) is 2. The van der Waals surface area contributed by atoms with E-state index in [0.717, 1.165) is 19.5 Å². The van der Waals surface area contributed by atoms with Crippen LogP contribution in [0, 0.1) is 0 Å². The van der Waals surface area contributed by atoms with Gasteiger partial charge >= 0.3 is 0 Å². The third-order valence-corrected chi connectivity index (χ3v) is 3.23. The quantitative estimate of drug-likeness (QED) is 0.785. The Balaban J connectivity index is 2.09. The van der Waals surface area contributed by atoms with E-state index in [1.165, 1.54) is 16.5 Å². The highest BCUT2D eigenvalue weighted by Gasteiger charge is 2.20. The molecule has 1 aromatic carbocycles. The van der Waals surface area contributed by atoms with Gasteiger partial charge in [0, 0.05) is 42.6 Å². The highest BCUT2D eigenvalue weighted by Crippen LogP contribution is 2.28. The van der Waals surface area contributed by atoms with Gasteiger partial charge in [0.1, 0.15) is 0 Å². The van der Waals surface area contributed by atoms with Crippen LogP contribution in [0.15, 0.2) is 36.7 Å². The fourth-order valence-electron chi connectivity index (χ4n) is 2.38. The zero-order chi connectivity index (χ0) is 11.0. The molecule has 0 saturated carbocycles.